The summed E-state index contributed by atoms with van der Waals surface area (Å²) in [5.41, 5.74) is 1.75. The summed E-state index contributed by atoms with van der Waals surface area (Å²) in [5, 5.41) is 7.85. The molecule has 0 aliphatic heterocycles. The molecule has 64 heavy (non-hydrogen) atoms. The molecule has 5 aromatic carbocycles. The van der Waals surface area contributed by atoms with Gasteiger partial charge in [-0.1, -0.05) is 60.7 Å². The van der Waals surface area contributed by atoms with Crippen LogP contribution in [0.1, 0.15) is 66.5 Å². The van der Waals surface area contributed by atoms with Gasteiger partial charge >= 0.3 is 0 Å². The van der Waals surface area contributed by atoms with Crippen molar-refractivity contribution in [3.8, 4) is 0 Å². The fraction of sp³-hybridized carbons (Fsp3) is 0.191. The van der Waals surface area contributed by atoms with E-state index in [1.807, 2.05) is 12.1 Å². The van der Waals surface area contributed by atoms with E-state index in [1.165, 1.54) is 80.0 Å². The fourth-order valence-electron chi connectivity index (χ4n) is 6.16. The summed E-state index contributed by atoms with van der Waals surface area (Å²) in [4.78, 5) is 40.0. The number of rotatable bonds is 15. The normalized spacial score (nSPS) is 11.3. The third-order valence-corrected chi connectivity index (χ3v) is 12.7. The summed E-state index contributed by atoms with van der Waals surface area (Å²) in [6.07, 6.45) is 2.73. The molecule has 0 aliphatic carbocycles. The molecule has 0 spiro atoms. The number of nitrogens with one attached hydrogen (secondary N) is 3. The van der Waals surface area contributed by atoms with Gasteiger partial charge in [-0.05, 0) is 112 Å². The highest BCUT2D eigenvalue weighted by Gasteiger charge is 2.29. The van der Waals surface area contributed by atoms with E-state index in [2.05, 4.69) is 20.9 Å². The second-order valence-corrected chi connectivity index (χ2v) is 18.7. The SMILES string of the molecule is CC(=O)Nc1ccc(S(=O)(=O)N(Cc2ccccc2)c2ccc(F)c(C(=O)NC(C)C)c2)cc1.CC(C)NC(=O)c1cc(N(Cc2ccccc2)S(=O)(=O)c2cccnc2)ccc1F. The van der Waals surface area contributed by atoms with Crippen molar-refractivity contribution in [3.05, 3.63) is 180 Å². The first kappa shape index (κ1) is 48.1. The number of hydrogen-bond acceptors (Lipinski definition) is 8. The third kappa shape index (κ3) is 12.6. The number of anilines is 3. The number of aromatic nitrogens is 1. The van der Waals surface area contributed by atoms with Crippen LogP contribution in [0.3, 0.4) is 0 Å². The van der Waals surface area contributed by atoms with E-state index < -0.39 is 43.5 Å². The van der Waals surface area contributed by atoms with Crippen LogP contribution in [0.4, 0.5) is 25.8 Å². The van der Waals surface area contributed by atoms with Crippen molar-refractivity contribution in [2.75, 3.05) is 13.9 Å². The number of carbonyl (C=O) groups excluding carboxylic acids is 3. The first-order valence-electron chi connectivity index (χ1n) is 20.0. The van der Waals surface area contributed by atoms with Gasteiger partial charge in [0.1, 0.15) is 16.5 Å². The molecule has 1 heterocycles. The van der Waals surface area contributed by atoms with E-state index in [4.69, 9.17) is 0 Å². The molecule has 0 bridgehead atoms. The maximum absolute atomic E-state index is 14.5. The average molecular weight is 911 g/mol. The van der Waals surface area contributed by atoms with Crippen molar-refractivity contribution in [2.45, 2.75) is 69.6 Å². The number of amides is 3. The Morgan fingerprint density at radius 2 is 1.02 bits per heavy atom. The molecule has 0 saturated carbocycles. The van der Waals surface area contributed by atoms with Crippen LogP contribution in [0, 0.1) is 11.6 Å². The van der Waals surface area contributed by atoms with Crippen molar-refractivity contribution in [2.24, 2.45) is 0 Å². The summed E-state index contributed by atoms with van der Waals surface area (Å²) >= 11 is 0. The fourth-order valence-corrected chi connectivity index (χ4v) is 9.01. The Morgan fingerprint density at radius 3 is 1.41 bits per heavy atom. The van der Waals surface area contributed by atoms with Crippen molar-refractivity contribution >= 4 is 54.8 Å². The Balaban J connectivity index is 0.000000243. The predicted octanol–water partition coefficient (Wildman–Crippen LogP) is 8.07. The van der Waals surface area contributed by atoms with E-state index >= 15 is 0 Å². The number of halogens is 2. The molecule has 0 fully saturated rings. The first-order chi connectivity index (χ1) is 30.4. The summed E-state index contributed by atoms with van der Waals surface area (Å²) in [7, 11) is -8.12. The van der Waals surface area contributed by atoms with E-state index in [9.17, 15) is 40.0 Å². The van der Waals surface area contributed by atoms with Gasteiger partial charge in [0, 0.05) is 37.1 Å². The molecule has 0 radical (unpaired) electrons. The molecule has 1 aromatic heterocycles. The van der Waals surface area contributed by atoms with Crippen LogP contribution >= 0.6 is 0 Å². The molecule has 6 rings (SSSR count). The average Bonchev–Trinajstić information content (AvgIpc) is 3.26. The van der Waals surface area contributed by atoms with Gasteiger partial charge in [0.15, 0.2) is 0 Å². The number of hydrogen-bond donors (Lipinski definition) is 3. The van der Waals surface area contributed by atoms with Gasteiger partial charge in [0.05, 0.1) is 40.5 Å². The maximum atomic E-state index is 14.5. The molecular weight excluding hydrogens is 863 g/mol. The molecule has 0 aliphatic rings. The van der Waals surface area contributed by atoms with Gasteiger partial charge in [0.25, 0.3) is 31.9 Å². The standard InChI is InChI=1S/C25H26FN3O4S.C22H22FN3O3S/c1-17(2)27-25(31)23-15-21(11-14-24(23)26)29(16-19-7-5-4-6-8-19)34(32,33)22-12-9-20(10-13-22)28-18(3)30;1-16(2)25-22(27)20-13-18(10-11-21(20)23)26(15-17-7-4-3-5-8-17)30(28,29)19-9-6-12-24-14-19/h4-15,17H,16H2,1-3H3,(H,27,31)(H,28,30);3-14,16H,15H2,1-2H3,(H,25,27). The summed E-state index contributed by atoms with van der Waals surface area (Å²) in [5.74, 6) is -3.00. The first-order valence-corrected chi connectivity index (χ1v) is 22.9. The Bertz CT molecular complexity index is 2780. The number of pyridine rings is 1. The topological polar surface area (TPSA) is 175 Å². The van der Waals surface area contributed by atoms with Crippen LogP contribution in [0.25, 0.3) is 0 Å². The number of benzene rings is 5. The summed E-state index contributed by atoms with van der Waals surface area (Å²) < 4.78 is 85.1. The zero-order valence-electron chi connectivity index (χ0n) is 35.7. The lowest BCUT2D eigenvalue weighted by atomic mass is 10.1. The lowest BCUT2D eigenvalue weighted by molar-refractivity contribution is -0.114. The van der Waals surface area contributed by atoms with E-state index in [-0.39, 0.29) is 63.4 Å². The molecular formula is C47H48F2N6O7S2. The highest BCUT2D eigenvalue weighted by Crippen LogP contribution is 2.30. The predicted molar refractivity (Wildman–Crippen MR) is 243 cm³/mol. The van der Waals surface area contributed by atoms with Gasteiger partial charge < -0.3 is 16.0 Å². The van der Waals surface area contributed by atoms with Crippen molar-refractivity contribution < 1.29 is 40.0 Å². The summed E-state index contributed by atoms with van der Waals surface area (Å²) in [6, 6.07) is 33.6. The lowest BCUT2D eigenvalue weighted by Gasteiger charge is -2.25. The highest BCUT2D eigenvalue weighted by atomic mass is 32.2. The molecule has 334 valence electrons. The molecule has 13 nitrogen and oxygen atoms in total. The van der Waals surface area contributed by atoms with Crippen LogP contribution in [0.2, 0.25) is 0 Å². The van der Waals surface area contributed by atoms with Crippen LogP contribution < -0.4 is 24.6 Å². The monoisotopic (exact) mass is 910 g/mol. The van der Waals surface area contributed by atoms with Gasteiger partial charge in [-0.25, -0.2) is 25.6 Å². The van der Waals surface area contributed by atoms with Gasteiger partial charge in [0.2, 0.25) is 5.91 Å². The lowest BCUT2D eigenvalue weighted by Crippen LogP contribution is -2.33. The molecule has 17 heteroatoms. The molecule has 3 amide bonds. The minimum Gasteiger partial charge on any atom is -0.350 e. The van der Waals surface area contributed by atoms with E-state index in [0.717, 1.165) is 26.3 Å². The van der Waals surface area contributed by atoms with Crippen LogP contribution in [0.5, 0.6) is 0 Å². The Morgan fingerprint density at radius 1 is 0.578 bits per heavy atom. The largest absolute Gasteiger partial charge is 0.350 e. The zero-order chi connectivity index (χ0) is 46.6. The number of carbonyl (C=O) groups is 3. The molecule has 0 saturated heterocycles. The maximum Gasteiger partial charge on any atom is 0.266 e. The quantitative estimate of drug-likeness (QED) is 0.0927. The Labute approximate surface area is 372 Å². The van der Waals surface area contributed by atoms with Crippen LogP contribution in [-0.2, 0) is 37.9 Å². The third-order valence-electron chi connectivity index (χ3n) is 9.13. The van der Waals surface area contributed by atoms with Gasteiger partial charge in [-0.3, -0.25) is 28.0 Å². The molecule has 0 unspecified atom stereocenters. The van der Waals surface area contributed by atoms with Crippen molar-refractivity contribution in [3.63, 3.8) is 0 Å². The number of sulfonamides is 2. The van der Waals surface area contributed by atoms with Crippen molar-refractivity contribution in [1.29, 1.82) is 0 Å². The van der Waals surface area contributed by atoms with Crippen LogP contribution in [-0.4, -0.2) is 51.6 Å². The minimum atomic E-state index is -4.11. The molecule has 3 N–H and O–H groups in total. The zero-order valence-corrected chi connectivity index (χ0v) is 37.3. The smallest absolute Gasteiger partial charge is 0.266 e. The van der Waals surface area contributed by atoms with Gasteiger partial charge in [-0.2, -0.15) is 0 Å². The van der Waals surface area contributed by atoms with E-state index in [0.29, 0.717) is 11.3 Å². The number of nitrogens with zero attached hydrogens (tertiary/aromatic N) is 3. The molecule has 0 atom stereocenters. The second kappa shape index (κ2) is 21.4. The minimum absolute atomic E-state index is 0.00145. The van der Waals surface area contributed by atoms with Crippen molar-refractivity contribution in [1.82, 2.24) is 15.6 Å². The van der Waals surface area contributed by atoms with Crippen LogP contribution in [0.15, 0.2) is 156 Å². The van der Waals surface area contributed by atoms with Gasteiger partial charge in [-0.15, -0.1) is 0 Å². The van der Waals surface area contributed by atoms with E-state index in [1.54, 1.807) is 76.2 Å². The molecule has 6 aromatic rings. The summed E-state index contributed by atoms with van der Waals surface area (Å²) in [6.45, 7) is 8.34. The highest BCUT2D eigenvalue weighted by molar-refractivity contribution is 7.93. The Hall–Kier alpha value is -6.98. The Kier molecular flexibility index (Phi) is 16.1. The second-order valence-electron chi connectivity index (χ2n) is 15.0.